The van der Waals surface area contributed by atoms with E-state index in [0.29, 0.717) is 10.2 Å². The second-order valence-electron chi connectivity index (χ2n) is 2.71. The molecule has 0 saturated carbocycles. The Kier molecular flexibility index (Phi) is 2.25. The number of nitrogens with zero attached hydrogens (tertiary/aromatic N) is 2. The maximum atomic E-state index is 13.3. The van der Waals surface area contributed by atoms with E-state index in [1.807, 2.05) is 0 Å². The SMILES string of the molecule is Oc1ccc(-n2ncc(Br)c2F)cc1. The number of benzene rings is 1. The minimum Gasteiger partial charge on any atom is -0.508 e. The van der Waals surface area contributed by atoms with Crippen molar-refractivity contribution >= 4 is 15.9 Å². The first kappa shape index (κ1) is 9.21. The van der Waals surface area contributed by atoms with Crippen LogP contribution in [0.3, 0.4) is 0 Å². The van der Waals surface area contributed by atoms with E-state index in [1.54, 1.807) is 12.1 Å². The zero-order valence-electron chi connectivity index (χ0n) is 6.98. The van der Waals surface area contributed by atoms with Crippen LogP contribution < -0.4 is 0 Å². The van der Waals surface area contributed by atoms with Crippen molar-refractivity contribution < 1.29 is 9.50 Å². The molecule has 1 aromatic carbocycles. The summed E-state index contributed by atoms with van der Waals surface area (Å²) in [6, 6.07) is 6.12. The topological polar surface area (TPSA) is 38.0 Å². The molecule has 0 atom stereocenters. The summed E-state index contributed by atoms with van der Waals surface area (Å²) in [5.74, 6) is -0.323. The normalized spacial score (nSPS) is 10.4. The molecule has 0 radical (unpaired) electrons. The van der Waals surface area contributed by atoms with Crippen LogP contribution in [0.2, 0.25) is 0 Å². The zero-order valence-corrected chi connectivity index (χ0v) is 8.57. The van der Waals surface area contributed by atoms with E-state index in [9.17, 15) is 4.39 Å². The molecular weight excluding hydrogens is 251 g/mol. The van der Waals surface area contributed by atoms with Crippen LogP contribution in [-0.4, -0.2) is 14.9 Å². The van der Waals surface area contributed by atoms with E-state index >= 15 is 0 Å². The summed E-state index contributed by atoms with van der Waals surface area (Å²) < 4.78 is 14.8. The Morgan fingerprint density at radius 2 is 1.93 bits per heavy atom. The lowest BCUT2D eigenvalue weighted by molar-refractivity contribution is 0.474. The highest BCUT2D eigenvalue weighted by molar-refractivity contribution is 9.10. The van der Waals surface area contributed by atoms with Crippen LogP contribution >= 0.6 is 15.9 Å². The summed E-state index contributed by atoms with van der Waals surface area (Å²) in [6.07, 6.45) is 1.38. The van der Waals surface area contributed by atoms with Gasteiger partial charge in [0, 0.05) is 0 Å². The van der Waals surface area contributed by atoms with Crippen molar-refractivity contribution in [2.45, 2.75) is 0 Å². The molecule has 2 rings (SSSR count). The molecule has 0 aliphatic rings. The van der Waals surface area contributed by atoms with Gasteiger partial charge in [0.05, 0.1) is 16.4 Å². The van der Waals surface area contributed by atoms with Crippen molar-refractivity contribution in [2.24, 2.45) is 0 Å². The van der Waals surface area contributed by atoms with E-state index in [-0.39, 0.29) is 5.75 Å². The van der Waals surface area contributed by atoms with Crippen molar-refractivity contribution in [3.8, 4) is 11.4 Å². The largest absolute Gasteiger partial charge is 0.508 e. The van der Waals surface area contributed by atoms with Gasteiger partial charge in [-0.05, 0) is 40.2 Å². The van der Waals surface area contributed by atoms with Gasteiger partial charge in [0.2, 0.25) is 5.95 Å². The summed E-state index contributed by atoms with van der Waals surface area (Å²) >= 11 is 3.02. The summed E-state index contributed by atoms with van der Waals surface area (Å²) in [6.45, 7) is 0. The average Bonchev–Trinajstić information content (AvgIpc) is 2.50. The molecule has 3 nitrogen and oxygen atoms in total. The standard InChI is InChI=1S/C9H6BrFN2O/c10-8-5-12-13(9(8)11)6-1-3-7(14)4-2-6/h1-5,14H. The minimum absolute atomic E-state index is 0.139. The van der Waals surface area contributed by atoms with Gasteiger partial charge < -0.3 is 5.11 Å². The third-order valence-electron chi connectivity index (χ3n) is 1.76. The fourth-order valence-electron chi connectivity index (χ4n) is 1.09. The van der Waals surface area contributed by atoms with Crippen LogP contribution in [0.1, 0.15) is 0 Å². The van der Waals surface area contributed by atoms with Crippen LogP contribution in [0, 0.1) is 5.95 Å². The molecule has 0 amide bonds. The number of aromatic nitrogens is 2. The molecule has 0 unspecified atom stereocenters. The van der Waals surface area contributed by atoms with Crippen LogP contribution in [0.25, 0.3) is 5.69 Å². The Morgan fingerprint density at radius 3 is 2.43 bits per heavy atom. The van der Waals surface area contributed by atoms with E-state index in [0.717, 1.165) is 4.68 Å². The summed E-state index contributed by atoms with van der Waals surface area (Å²) in [7, 11) is 0. The number of hydrogen-bond donors (Lipinski definition) is 1. The lowest BCUT2D eigenvalue weighted by Gasteiger charge is -2.01. The fraction of sp³-hybridized carbons (Fsp3) is 0. The van der Waals surface area contributed by atoms with Crippen molar-refractivity contribution in [2.75, 3.05) is 0 Å². The molecule has 2 aromatic rings. The van der Waals surface area contributed by atoms with E-state index in [2.05, 4.69) is 21.0 Å². The van der Waals surface area contributed by atoms with Gasteiger partial charge in [-0.15, -0.1) is 0 Å². The average molecular weight is 257 g/mol. The highest BCUT2D eigenvalue weighted by Gasteiger charge is 2.08. The van der Waals surface area contributed by atoms with Gasteiger partial charge in [0.15, 0.2) is 0 Å². The first-order valence-corrected chi connectivity index (χ1v) is 4.66. The van der Waals surface area contributed by atoms with Gasteiger partial charge >= 0.3 is 0 Å². The Balaban J connectivity index is 2.49. The number of phenolic OH excluding ortho intramolecular Hbond substituents is 1. The van der Waals surface area contributed by atoms with E-state index in [4.69, 9.17) is 5.11 Å². The molecule has 0 bridgehead atoms. The lowest BCUT2D eigenvalue weighted by atomic mass is 10.3. The number of phenols is 1. The first-order valence-electron chi connectivity index (χ1n) is 3.87. The fourth-order valence-corrected chi connectivity index (χ4v) is 1.35. The monoisotopic (exact) mass is 256 g/mol. The van der Waals surface area contributed by atoms with Crippen molar-refractivity contribution in [3.05, 3.63) is 40.9 Å². The molecule has 0 aliphatic heterocycles. The van der Waals surface area contributed by atoms with Crippen LogP contribution in [0.4, 0.5) is 4.39 Å². The highest BCUT2D eigenvalue weighted by atomic mass is 79.9. The molecule has 1 heterocycles. The Labute approximate surface area is 87.9 Å². The Bertz CT molecular complexity index is 452. The highest BCUT2D eigenvalue weighted by Crippen LogP contribution is 2.19. The van der Waals surface area contributed by atoms with Gasteiger partial charge in [-0.3, -0.25) is 0 Å². The number of halogens is 2. The van der Waals surface area contributed by atoms with Gasteiger partial charge in [-0.25, -0.2) is 4.68 Å². The molecule has 0 aliphatic carbocycles. The minimum atomic E-state index is -0.462. The Hall–Kier alpha value is -1.36. The summed E-state index contributed by atoms with van der Waals surface area (Å²) in [5, 5.41) is 12.9. The lowest BCUT2D eigenvalue weighted by Crippen LogP contribution is -1.98. The van der Waals surface area contributed by atoms with Gasteiger partial charge in [0.1, 0.15) is 5.75 Å². The third-order valence-corrected chi connectivity index (χ3v) is 2.30. The number of hydrogen-bond acceptors (Lipinski definition) is 2. The summed E-state index contributed by atoms with van der Waals surface area (Å²) in [5.41, 5.74) is 0.561. The quantitative estimate of drug-likeness (QED) is 0.852. The molecule has 1 N–H and O–H groups in total. The van der Waals surface area contributed by atoms with Gasteiger partial charge in [-0.2, -0.15) is 9.49 Å². The van der Waals surface area contributed by atoms with Crippen molar-refractivity contribution in [1.82, 2.24) is 9.78 Å². The number of aromatic hydroxyl groups is 1. The zero-order chi connectivity index (χ0) is 10.1. The second-order valence-corrected chi connectivity index (χ2v) is 3.57. The molecule has 72 valence electrons. The third kappa shape index (κ3) is 1.50. The van der Waals surface area contributed by atoms with Crippen LogP contribution in [0.5, 0.6) is 5.75 Å². The molecular formula is C9H6BrFN2O. The van der Waals surface area contributed by atoms with Crippen LogP contribution in [0.15, 0.2) is 34.9 Å². The van der Waals surface area contributed by atoms with E-state index < -0.39 is 5.95 Å². The maximum Gasteiger partial charge on any atom is 0.230 e. The van der Waals surface area contributed by atoms with Crippen LogP contribution in [-0.2, 0) is 0 Å². The molecule has 5 heteroatoms. The smallest absolute Gasteiger partial charge is 0.230 e. The molecule has 14 heavy (non-hydrogen) atoms. The molecule has 1 aromatic heterocycles. The predicted octanol–water partition coefficient (Wildman–Crippen LogP) is 2.48. The van der Waals surface area contributed by atoms with E-state index in [1.165, 1.54) is 18.3 Å². The molecule has 0 fully saturated rings. The van der Waals surface area contributed by atoms with Crippen molar-refractivity contribution in [1.29, 1.82) is 0 Å². The maximum absolute atomic E-state index is 13.3. The molecule has 0 spiro atoms. The summed E-state index contributed by atoms with van der Waals surface area (Å²) in [4.78, 5) is 0. The van der Waals surface area contributed by atoms with Gasteiger partial charge in [0.25, 0.3) is 0 Å². The first-order chi connectivity index (χ1) is 6.68. The van der Waals surface area contributed by atoms with Crippen molar-refractivity contribution in [3.63, 3.8) is 0 Å². The predicted molar refractivity (Wildman–Crippen MR) is 52.9 cm³/mol. The second kappa shape index (κ2) is 3.42. The number of rotatable bonds is 1. The van der Waals surface area contributed by atoms with Gasteiger partial charge in [-0.1, -0.05) is 0 Å². The molecule has 0 saturated heterocycles. The Morgan fingerprint density at radius 1 is 1.29 bits per heavy atom.